The van der Waals surface area contributed by atoms with E-state index in [0.717, 1.165) is 51.9 Å². The second-order valence-corrected chi connectivity index (χ2v) is 6.82. The summed E-state index contributed by atoms with van der Waals surface area (Å²) in [6.07, 6.45) is 5.86. The number of carbonyl (C=O) groups is 1. The van der Waals surface area contributed by atoms with E-state index in [9.17, 15) is 4.79 Å². The standard InChI is InChI=1S/C16H28N2O3/c1-17-6-5-12(9-16(17)19)11-18-7-8-21-15-4-3-13(20-2)10-14(15)18/h12-15H,3-11H2,1-2H3. The number of carbonyl (C=O) groups excluding carboxylic acids is 1. The van der Waals surface area contributed by atoms with Crippen LogP contribution in [0.5, 0.6) is 0 Å². The van der Waals surface area contributed by atoms with Gasteiger partial charge in [0.2, 0.25) is 5.91 Å². The Morgan fingerprint density at radius 2 is 2.14 bits per heavy atom. The van der Waals surface area contributed by atoms with Crippen molar-refractivity contribution in [2.75, 3.05) is 40.4 Å². The molecule has 3 rings (SSSR count). The quantitative estimate of drug-likeness (QED) is 0.783. The van der Waals surface area contributed by atoms with Gasteiger partial charge in [-0.2, -0.15) is 0 Å². The van der Waals surface area contributed by atoms with E-state index in [1.54, 1.807) is 0 Å². The summed E-state index contributed by atoms with van der Waals surface area (Å²) in [4.78, 5) is 16.3. The SMILES string of the molecule is COC1CCC2OCCN(CC3CCN(C)C(=O)C3)C2C1. The Morgan fingerprint density at radius 3 is 2.90 bits per heavy atom. The summed E-state index contributed by atoms with van der Waals surface area (Å²) in [5.41, 5.74) is 0. The summed E-state index contributed by atoms with van der Waals surface area (Å²) in [5, 5.41) is 0. The van der Waals surface area contributed by atoms with Crippen molar-refractivity contribution in [2.24, 2.45) is 5.92 Å². The Bertz CT molecular complexity index is 377. The third-order valence-electron chi connectivity index (χ3n) is 5.47. The average Bonchev–Trinajstić information content (AvgIpc) is 2.51. The zero-order valence-electron chi connectivity index (χ0n) is 13.3. The van der Waals surface area contributed by atoms with Crippen molar-refractivity contribution >= 4 is 5.91 Å². The summed E-state index contributed by atoms with van der Waals surface area (Å²) in [6, 6.07) is 0.479. The second kappa shape index (κ2) is 6.63. The molecule has 0 aromatic rings. The summed E-state index contributed by atoms with van der Waals surface area (Å²) in [6.45, 7) is 3.78. The normalized spacial score (nSPS) is 38.4. The molecule has 0 aromatic carbocycles. The Hall–Kier alpha value is -0.650. The highest BCUT2D eigenvalue weighted by Crippen LogP contribution is 2.31. The van der Waals surface area contributed by atoms with Gasteiger partial charge in [0.05, 0.1) is 18.8 Å². The molecule has 4 atom stereocenters. The number of likely N-dealkylation sites (tertiary alicyclic amines) is 1. The molecule has 2 saturated heterocycles. The van der Waals surface area contributed by atoms with E-state index in [4.69, 9.17) is 9.47 Å². The molecule has 4 unspecified atom stereocenters. The molecule has 21 heavy (non-hydrogen) atoms. The van der Waals surface area contributed by atoms with Crippen molar-refractivity contribution in [1.29, 1.82) is 0 Å². The summed E-state index contributed by atoms with van der Waals surface area (Å²) >= 11 is 0. The molecule has 3 fully saturated rings. The molecular weight excluding hydrogens is 268 g/mol. The maximum atomic E-state index is 11.9. The smallest absolute Gasteiger partial charge is 0.222 e. The molecule has 0 bridgehead atoms. The van der Waals surface area contributed by atoms with Crippen molar-refractivity contribution in [3.8, 4) is 0 Å². The van der Waals surface area contributed by atoms with Crippen LogP contribution in [0.15, 0.2) is 0 Å². The van der Waals surface area contributed by atoms with E-state index in [2.05, 4.69) is 4.90 Å². The van der Waals surface area contributed by atoms with E-state index < -0.39 is 0 Å². The molecule has 0 aromatic heterocycles. The first-order valence-electron chi connectivity index (χ1n) is 8.29. The first-order valence-corrected chi connectivity index (χ1v) is 8.29. The minimum absolute atomic E-state index is 0.300. The molecule has 1 amide bonds. The lowest BCUT2D eigenvalue weighted by Crippen LogP contribution is -2.56. The van der Waals surface area contributed by atoms with Gasteiger partial charge in [0.25, 0.3) is 0 Å². The van der Waals surface area contributed by atoms with Gasteiger partial charge in [0, 0.05) is 46.3 Å². The molecule has 1 aliphatic carbocycles. The maximum Gasteiger partial charge on any atom is 0.222 e. The Morgan fingerprint density at radius 1 is 1.29 bits per heavy atom. The predicted octanol–water partition coefficient (Wildman–Crippen LogP) is 1.12. The highest BCUT2D eigenvalue weighted by Gasteiger charge is 2.39. The Kier molecular flexibility index (Phi) is 4.82. The van der Waals surface area contributed by atoms with Crippen LogP contribution < -0.4 is 0 Å². The van der Waals surface area contributed by atoms with Crippen LogP contribution in [0.1, 0.15) is 32.1 Å². The van der Waals surface area contributed by atoms with Gasteiger partial charge in [-0.1, -0.05) is 0 Å². The number of rotatable bonds is 3. The number of methoxy groups -OCH3 is 1. The predicted molar refractivity (Wildman–Crippen MR) is 80.1 cm³/mol. The molecule has 0 spiro atoms. The van der Waals surface area contributed by atoms with Crippen molar-refractivity contribution in [3.63, 3.8) is 0 Å². The van der Waals surface area contributed by atoms with Crippen molar-refractivity contribution in [3.05, 3.63) is 0 Å². The van der Waals surface area contributed by atoms with Gasteiger partial charge in [-0.15, -0.1) is 0 Å². The number of ether oxygens (including phenoxy) is 2. The van der Waals surface area contributed by atoms with E-state index in [0.29, 0.717) is 36.5 Å². The van der Waals surface area contributed by atoms with Crippen molar-refractivity contribution in [2.45, 2.75) is 50.4 Å². The zero-order chi connectivity index (χ0) is 14.8. The van der Waals surface area contributed by atoms with Crippen molar-refractivity contribution < 1.29 is 14.3 Å². The zero-order valence-corrected chi connectivity index (χ0v) is 13.3. The molecule has 120 valence electrons. The Balaban J connectivity index is 1.59. The molecule has 5 nitrogen and oxygen atoms in total. The largest absolute Gasteiger partial charge is 0.381 e. The molecular formula is C16H28N2O3. The summed E-state index contributed by atoms with van der Waals surface area (Å²) < 4.78 is 11.5. The fourth-order valence-corrected chi connectivity index (χ4v) is 4.08. The lowest BCUT2D eigenvalue weighted by molar-refractivity contribution is -0.136. The molecule has 2 aliphatic heterocycles. The van der Waals surface area contributed by atoms with Crippen LogP contribution in [0.4, 0.5) is 0 Å². The number of fused-ring (bicyclic) bond motifs is 1. The minimum atomic E-state index is 0.300. The lowest BCUT2D eigenvalue weighted by atomic mass is 9.86. The average molecular weight is 296 g/mol. The van der Waals surface area contributed by atoms with Gasteiger partial charge < -0.3 is 14.4 Å². The number of amides is 1. The van der Waals surface area contributed by atoms with Gasteiger partial charge in [-0.25, -0.2) is 0 Å². The van der Waals surface area contributed by atoms with Crippen LogP contribution in [0.2, 0.25) is 0 Å². The topological polar surface area (TPSA) is 42.0 Å². The molecule has 3 aliphatic rings. The highest BCUT2D eigenvalue weighted by atomic mass is 16.5. The first kappa shape index (κ1) is 15.3. The second-order valence-electron chi connectivity index (χ2n) is 6.82. The van der Waals surface area contributed by atoms with Gasteiger partial charge in [-0.3, -0.25) is 9.69 Å². The van der Waals surface area contributed by atoms with Crippen LogP contribution in [0.25, 0.3) is 0 Å². The fourth-order valence-electron chi connectivity index (χ4n) is 4.08. The molecule has 0 radical (unpaired) electrons. The van der Waals surface area contributed by atoms with E-state index in [1.807, 2.05) is 19.1 Å². The number of hydrogen-bond acceptors (Lipinski definition) is 4. The number of nitrogens with zero attached hydrogens (tertiary/aromatic N) is 2. The number of hydrogen-bond donors (Lipinski definition) is 0. The van der Waals surface area contributed by atoms with Crippen LogP contribution >= 0.6 is 0 Å². The Labute approximate surface area is 127 Å². The van der Waals surface area contributed by atoms with E-state index in [-0.39, 0.29) is 0 Å². The monoisotopic (exact) mass is 296 g/mol. The molecule has 5 heteroatoms. The molecule has 2 heterocycles. The third kappa shape index (κ3) is 3.41. The van der Waals surface area contributed by atoms with Gasteiger partial charge in [-0.05, 0) is 31.6 Å². The van der Waals surface area contributed by atoms with Gasteiger partial charge in [0.15, 0.2) is 0 Å². The molecule has 1 saturated carbocycles. The number of piperidine rings is 1. The summed E-state index contributed by atoms with van der Waals surface area (Å²) in [5.74, 6) is 0.810. The van der Waals surface area contributed by atoms with E-state index in [1.165, 1.54) is 0 Å². The first-order chi connectivity index (χ1) is 10.2. The van der Waals surface area contributed by atoms with E-state index >= 15 is 0 Å². The van der Waals surface area contributed by atoms with Gasteiger partial charge in [0.1, 0.15) is 0 Å². The lowest BCUT2D eigenvalue weighted by Gasteiger charge is -2.47. The fraction of sp³-hybridized carbons (Fsp3) is 0.938. The highest BCUT2D eigenvalue weighted by molar-refractivity contribution is 5.76. The van der Waals surface area contributed by atoms with Crippen LogP contribution in [-0.4, -0.2) is 74.4 Å². The van der Waals surface area contributed by atoms with Crippen molar-refractivity contribution in [1.82, 2.24) is 9.80 Å². The van der Waals surface area contributed by atoms with Gasteiger partial charge >= 0.3 is 0 Å². The maximum absolute atomic E-state index is 11.9. The molecule has 0 N–H and O–H groups in total. The summed E-state index contributed by atoms with van der Waals surface area (Å²) in [7, 11) is 3.72. The van der Waals surface area contributed by atoms with Crippen LogP contribution in [0.3, 0.4) is 0 Å². The minimum Gasteiger partial charge on any atom is -0.381 e. The third-order valence-corrected chi connectivity index (χ3v) is 5.47. The van der Waals surface area contributed by atoms with Crippen LogP contribution in [0, 0.1) is 5.92 Å². The van der Waals surface area contributed by atoms with Crippen LogP contribution in [-0.2, 0) is 14.3 Å². The number of morpholine rings is 1.